The number of benzene rings is 4. The molecule has 13 rings (SSSR count). The molecule has 16 heteroatoms. The highest BCUT2D eigenvalue weighted by atomic mass is 15.1. The highest BCUT2D eigenvalue weighted by molar-refractivity contribution is 6.07. The number of aryl methyl sites for hydroxylation is 4. The van der Waals surface area contributed by atoms with Crippen molar-refractivity contribution < 1.29 is 0 Å². The van der Waals surface area contributed by atoms with Gasteiger partial charge < -0.3 is 28.2 Å². The van der Waals surface area contributed by atoms with Crippen LogP contribution in [0, 0.1) is 27.7 Å². The Morgan fingerprint density at radius 3 is 0.984 bits per heavy atom. The molecule has 0 radical (unpaired) electrons. The van der Waals surface area contributed by atoms with Gasteiger partial charge in [0.15, 0.2) is 23.3 Å². The molecular formula is C48H34N16. The lowest BCUT2D eigenvalue weighted by Gasteiger charge is -2.05. The number of hydrogen-bond donors (Lipinski definition) is 2. The smallest absolute Gasteiger partial charge is 0.164 e. The lowest BCUT2D eigenvalue weighted by atomic mass is 10.1. The zero-order valence-corrected chi connectivity index (χ0v) is 34.8. The summed E-state index contributed by atoms with van der Waals surface area (Å²) in [5.41, 5.74) is 13.0. The number of fused-ring (bicyclic) bond motifs is 20. The zero-order chi connectivity index (χ0) is 42.8. The van der Waals surface area contributed by atoms with Crippen LogP contribution in [0.1, 0.15) is 22.8 Å². The Bertz CT molecular complexity index is 3670. The molecule has 0 saturated heterocycles. The standard InChI is InChI=1S/C48H34N16/c1-25-17-61(21-49-25)29-5-9-33-37(13-29)45-53-41(33)58-46-39-15-31(63-19-27(3)51-23-63)7-11-35(39)43(55-46)60-48-40-16-32(64-20-28(4)52-24-64)8-12-36(40)44(56-48)59-47-38-14-30(62-18-26(2)50-22-62)6-10-34(38)42(54-47)57-45/h5-24H,1-4H3,(H2,53,54,55,56,57,58,59,60). The first kappa shape index (κ1) is 35.8. The molecule has 9 heterocycles. The van der Waals surface area contributed by atoms with Gasteiger partial charge in [0, 0.05) is 91.3 Å². The molecular weight excluding hydrogens is 801 g/mol. The average Bonchev–Trinajstić information content (AvgIpc) is 4.18. The first-order chi connectivity index (χ1) is 31.2. The number of H-pyrrole nitrogens is 2. The van der Waals surface area contributed by atoms with E-state index in [0.29, 0.717) is 45.9 Å². The lowest BCUT2D eigenvalue weighted by Crippen LogP contribution is -1.92. The Morgan fingerprint density at radius 2 is 0.641 bits per heavy atom. The van der Waals surface area contributed by atoms with Crippen LogP contribution in [0.2, 0.25) is 0 Å². The summed E-state index contributed by atoms with van der Waals surface area (Å²) >= 11 is 0. The molecule has 8 bridgehead atoms. The van der Waals surface area contributed by atoms with E-state index in [9.17, 15) is 0 Å². The van der Waals surface area contributed by atoms with Crippen molar-refractivity contribution in [2.45, 2.75) is 27.7 Å². The molecule has 0 spiro atoms. The number of aromatic amines is 2. The summed E-state index contributed by atoms with van der Waals surface area (Å²) in [7, 11) is 0. The molecule has 2 N–H and O–H groups in total. The maximum Gasteiger partial charge on any atom is 0.164 e. The highest BCUT2D eigenvalue weighted by Gasteiger charge is 2.24. The van der Waals surface area contributed by atoms with Gasteiger partial charge in [-0.05, 0) is 100 Å². The monoisotopic (exact) mass is 834 g/mol. The van der Waals surface area contributed by atoms with E-state index in [2.05, 4.69) is 78.4 Å². The minimum Gasteiger partial charge on any atom is -0.324 e. The number of nitrogens with zero attached hydrogens (tertiary/aromatic N) is 14. The Kier molecular flexibility index (Phi) is 7.43. The SMILES string of the molecule is Cc1cn(-c2ccc3c(c2)-c2nc-3nc3[nH]c(nc4nc(nc5[nH]c(n2)c2ccc(-n6cnc(C)c6)cc52)-c2ccc(-n5cnc(C)c5)cc2-4)c2ccc(-n4cnc(C)c4)cc32)cn1. The molecule has 0 unspecified atom stereocenters. The van der Waals surface area contributed by atoms with Gasteiger partial charge in [0.25, 0.3) is 0 Å². The van der Waals surface area contributed by atoms with Gasteiger partial charge >= 0.3 is 0 Å². The molecule has 16 nitrogen and oxygen atoms in total. The first-order valence-electron chi connectivity index (χ1n) is 20.7. The average molecular weight is 835 g/mol. The molecule has 0 saturated carbocycles. The second-order valence-corrected chi connectivity index (χ2v) is 16.2. The van der Waals surface area contributed by atoms with E-state index in [0.717, 1.165) is 89.3 Å². The van der Waals surface area contributed by atoms with Crippen molar-refractivity contribution in [1.29, 1.82) is 0 Å². The lowest BCUT2D eigenvalue weighted by molar-refractivity contribution is 1.06. The van der Waals surface area contributed by atoms with Gasteiger partial charge in [-0.15, -0.1) is 0 Å². The number of rotatable bonds is 4. The van der Waals surface area contributed by atoms with Crippen molar-refractivity contribution in [1.82, 2.24) is 78.1 Å². The third kappa shape index (κ3) is 5.69. The first-order valence-corrected chi connectivity index (χ1v) is 20.7. The van der Waals surface area contributed by atoms with E-state index in [4.69, 9.17) is 29.9 Å². The van der Waals surface area contributed by atoms with Crippen LogP contribution in [0.15, 0.2) is 123 Å². The molecule has 0 fully saturated rings. The summed E-state index contributed by atoms with van der Waals surface area (Å²) in [5, 5.41) is 3.43. The second-order valence-electron chi connectivity index (χ2n) is 16.2. The van der Waals surface area contributed by atoms with Gasteiger partial charge in [0.1, 0.15) is 22.6 Å². The minimum absolute atomic E-state index is 0.500. The Labute approximate surface area is 362 Å². The number of nitrogens with one attached hydrogen (secondary N) is 2. The molecule has 4 aromatic carbocycles. The van der Waals surface area contributed by atoms with Gasteiger partial charge in [-0.25, -0.2) is 49.8 Å². The van der Waals surface area contributed by atoms with Crippen LogP contribution in [-0.4, -0.2) is 78.1 Å². The summed E-state index contributed by atoms with van der Waals surface area (Å²) in [5.74, 6) is 2.01. The van der Waals surface area contributed by atoms with Crippen LogP contribution >= 0.6 is 0 Å². The topological polar surface area (TPSA) is 180 Å². The summed E-state index contributed by atoms with van der Waals surface area (Å²) in [6, 6.07) is 24.8. The van der Waals surface area contributed by atoms with Crippen molar-refractivity contribution in [3.63, 3.8) is 0 Å². The quantitative estimate of drug-likeness (QED) is 0.174. The van der Waals surface area contributed by atoms with E-state index in [-0.39, 0.29) is 0 Å². The van der Waals surface area contributed by atoms with E-state index in [1.54, 1.807) is 0 Å². The number of hydrogen-bond acceptors (Lipinski definition) is 10. The minimum atomic E-state index is 0.500. The summed E-state index contributed by atoms with van der Waals surface area (Å²) < 4.78 is 7.99. The van der Waals surface area contributed by atoms with Gasteiger partial charge in [-0.2, -0.15) is 0 Å². The van der Waals surface area contributed by atoms with E-state index < -0.39 is 0 Å². The fraction of sp³-hybridized carbons (Fsp3) is 0.0833. The summed E-state index contributed by atoms with van der Waals surface area (Å²) in [4.78, 5) is 56.7. The van der Waals surface area contributed by atoms with Gasteiger partial charge in [-0.1, -0.05) is 0 Å². The van der Waals surface area contributed by atoms with Crippen LogP contribution in [0.25, 0.3) is 112 Å². The third-order valence-electron chi connectivity index (χ3n) is 11.8. The van der Waals surface area contributed by atoms with Crippen LogP contribution in [0.4, 0.5) is 0 Å². The van der Waals surface area contributed by atoms with Crippen LogP contribution in [0.5, 0.6) is 0 Å². The molecule has 11 aromatic rings. The van der Waals surface area contributed by atoms with Crippen molar-refractivity contribution in [3.8, 4) is 68.3 Å². The molecule has 7 aromatic heterocycles. The van der Waals surface area contributed by atoms with Crippen molar-refractivity contribution in [2.24, 2.45) is 0 Å². The Balaban J connectivity index is 1.15. The maximum atomic E-state index is 5.30. The maximum absolute atomic E-state index is 5.30. The van der Waals surface area contributed by atoms with Crippen molar-refractivity contribution >= 4 is 44.1 Å². The van der Waals surface area contributed by atoms with Gasteiger partial charge in [0.05, 0.1) is 48.1 Å². The molecule has 2 aliphatic rings. The molecule has 306 valence electrons. The highest BCUT2D eigenvalue weighted by Crippen LogP contribution is 2.39. The Hall–Kier alpha value is -8.92. The third-order valence-corrected chi connectivity index (χ3v) is 11.8. The molecule has 64 heavy (non-hydrogen) atoms. The fourth-order valence-corrected chi connectivity index (χ4v) is 8.64. The van der Waals surface area contributed by atoms with Gasteiger partial charge in [0.2, 0.25) is 0 Å². The largest absolute Gasteiger partial charge is 0.324 e. The predicted octanol–water partition coefficient (Wildman–Crippen LogP) is 8.85. The molecule has 2 aliphatic heterocycles. The van der Waals surface area contributed by atoms with E-state index >= 15 is 0 Å². The normalized spacial score (nSPS) is 12.1. The summed E-state index contributed by atoms with van der Waals surface area (Å²) in [6.45, 7) is 7.89. The summed E-state index contributed by atoms with van der Waals surface area (Å²) in [6.07, 6.45) is 15.2. The van der Waals surface area contributed by atoms with Gasteiger partial charge in [-0.3, -0.25) is 0 Å². The zero-order valence-electron chi connectivity index (χ0n) is 34.8. The number of imidazole rings is 4. The van der Waals surface area contributed by atoms with E-state index in [1.165, 1.54) is 0 Å². The molecule has 0 aliphatic carbocycles. The van der Waals surface area contributed by atoms with E-state index in [1.807, 2.05) is 120 Å². The molecule has 0 amide bonds. The number of aromatic nitrogens is 16. The fourth-order valence-electron chi connectivity index (χ4n) is 8.64. The second kappa shape index (κ2) is 13.3. The van der Waals surface area contributed by atoms with Crippen LogP contribution < -0.4 is 0 Å². The van der Waals surface area contributed by atoms with Crippen molar-refractivity contribution in [2.75, 3.05) is 0 Å². The van der Waals surface area contributed by atoms with Crippen molar-refractivity contribution in [3.05, 3.63) is 146 Å². The molecule has 0 atom stereocenters. The van der Waals surface area contributed by atoms with Crippen LogP contribution in [-0.2, 0) is 0 Å². The Morgan fingerprint density at radius 1 is 0.328 bits per heavy atom. The van der Waals surface area contributed by atoms with Crippen LogP contribution in [0.3, 0.4) is 0 Å². The predicted molar refractivity (Wildman–Crippen MR) is 243 cm³/mol.